The van der Waals surface area contributed by atoms with Crippen LogP contribution >= 0.6 is 0 Å². The minimum absolute atomic E-state index is 0.0933. The fourth-order valence-electron chi connectivity index (χ4n) is 1.51. The summed E-state index contributed by atoms with van der Waals surface area (Å²) in [4.78, 5) is 0. The van der Waals surface area contributed by atoms with Crippen LogP contribution in [0.25, 0.3) is 0 Å². The monoisotopic (exact) mass is 249 g/mol. The first kappa shape index (κ1) is 16.1. The highest BCUT2D eigenvalue weighted by atomic mass is 28.4. The molecule has 0 unspecified atom stereocenters. The Hall–Kier alpha value is 0.0569. The third-order valence-electron chi connectivity index (χ3n) is 1.70. The highest BCUT2D eigenvalue weighted by Gasteiger charge is 2.43. The Balaban J connectivity index is 4.72. The molecule has 0 radical (unpaired) electrons. The van der Waals surface area contributed by atoms with Gasteiger partial charge in [0.05, 0.1) is 0 Å². The number of hydrogen-bond acceptors (Lipinski definition) is 4. The molecule has 0 atom stereocenters. The molecule has 0 amide bonds. The van der Waals surface area contributed by atoms with Crippen LogP contribution in [-0.4, -0.2) is 33.7 Å². The zero-order chi connectivity index (χ0) is 12.8. The number of nitrogens with two attached hydrogens (primary N) is 1. The molecule has 0 saturated heterocycles. The van der Waals surface area contributed by atoms with Gasteiger partial charge in [0.2, 0.25) is 0 Å². The van der Waals surface area contributed by atoms with E-state index in [-0.39, 0.29) is 18.3 Å². The van der Waals surface area contributed by atoms with Crippen molar-refractivity contribution >= 4 is 8.80 Å². The van der Waals surface area contributed by atoms with Gasteiger partial charge in [-0.2, -0.15) is 0 Å². The Morgan fingerprint density at radius 2 is 1.12 bits per heavy atom. The van der Waals surface area contributed by atoms with Gasteiger partial charge in [-0.1, -0.05) is 0 Å². The maximum Gasteiger partial charge on any atom is 0.502 e. The molecule has 0 rings (SSSR count). The third kappa shape index (κ3) is 6.60. The third-order valence-corrected chi connectivity index (χ3v) is 5.09. The predicted octanol–water partition coefficient (Wildman–Crippen LogP) is 2.16. The summed E-state index contributed by atoms with van der Waals surface area (Å²) >= 11 is 0. The van der Waals surface area contributed by atoms with Gasteiger partial charge in [0.15, 0.2) is 0 Å². The van der Waals surface area contributed by atoms with Crippen LogP contribution in [0, 0.1) is 0 Å². The maximum atomic E-state index is 5.91. The van der Waals surface area contributed by atoms with Gasteiger partial charge in [-0.15, -0.1) is 0 Å². The molecule has 16 heavy (non-hydrogen) atoms. The van der Waals surface area contributed by atoms with Gasteiger partial charge >= 0.3 is 8.80 Å². The summed E-state index contributed by atoms with van der Waals surface area (Å²) in [6, 6.07) is 0.668. The average molecular weight is 249 g/mol. The summed E-state index contributed by atoms with van der Waals surface area (Å²) in [5, 5.41) is 0. The second kappa shape index (κ2) is 7.40. The summed E-state index contributed by atoms with van der Waals surface area (Å²) in [7, 11) is -2.61. The lowest BCUT2D eigenvalue weighted by Gasteiger charge is -2.34. The largest absolute Gasteiger partial charge is 0.502 e. The van der Waals surface area contributed by atoms with E-state index in [0.717, 1.165) is 0 Å². The standard InChI is InChI=1S/C11H27NO3Si/c1-9(2)13-16(8-7-12,14-10(3)4)15-11(5)6/h9-11H,7-8,12H2,1-6H3. The first-order valence-corrected chi connectivity index (χ1v) is 7.98. The molecule has 0 saturated carbocycles. The molecule has 98 valence electrons. The SMILES string of the molecule is CC(C)O[Si](CCN)(OC(C)C)OC(C)C. The molecule has 0 spiro atoms. The molecule has 0 aliphatic rings. The predicted molar refractivity (Wildman–Crippen MR) is 68.3 cm³/mol. The van der Waals surface area contributed by atoms with Crippen LogP contribution in [0.1, 0.15) is 41.5 Å². The van der Waals surface area contributed by atoms with Gasteiger partial charge in [0.25, 0.3) is 0 Å². The lowest BCUT2D eigenvalue weighted by molar-refractivity contribution is 0.00376. The van der Waals surface area contributed by atoms with Crippen LogP contribution in [0.5, 0.6) is 0 Å². The van der Waals surface area contributed by atoms with Crippen LogP contribution in [0.2, 0.25) is 6.04 Å². The van der Waals surface area contributed by atoms with Gasteiger partial charge < -0.3 is 19.0 Å². The second-order valence-corrected chi connectivity index (χ2v) is 7.29. The van der Waals surface area contributed by atoms with Gasteiger partial charge in [-0.3, -0.25) is 0 Å². The van der Waals surface area contributed by atoms with Gasteiger partial charge in [0.1, 0.15) is 0 Å². The van der Waals surface area contributed by atoms with Crippen molar-refractivity contribution in [2.45, 2.75) is 65.9 Å². The average Bonchev–Trinajstić information content (AvgIpc) is 1.98. The normalized spacial score (nSPS) is 13.1. The van der Waals surface area contributed by atoms with Crippen LogP contribution in [0.3, 0.4) is 0 Å². The summed E-state index contributed by atoms with van der Waals surface area (Å²) in [6.45, 7) is 12.5. The number of rotatable bonds is 8. The van der Waals surface area contributed by atoms with E-state index in [0.29, 0.717) is 12.6 Å². The van der Waals surface area contributed by atoms with E-state index in [9.17, 15) is 0 Å². The smallest absolute Gasteiger partial charge is 0.371 e. The Morgan fingerprint density at radius 3 is 1.31 bits per heavy atom. The van der Waals surface area contributed by atoms with E-state index < -0.39 is 8.80 Å². The molecular formula is C11H27NO3Si. The molecule has 5 heteroatoms. The summed E-state index contributed by atoms with van der Waals surface area (Å²) < 4.78 is 17.7. The van der Waals surface area contributed by atoms with E-state index in [1.54, 1.807) is 0 Å². The molecule has 0 aliphatic carbocycles. The Labute approximate surface area is 101 Å². The fraction of sp³-hybridized carbons (Fsp3) is 1.00. The molecule has 0 aromatic heterocycles. The van der Waals surface area contributed by atoms with Crippen molar-refractivity contribution in [3.05, 3.63) is 0 Å². The van der Waals surface area contributed by atoms with E-state index in [4.69, 9.17) is 19.0 Å². The van der Waals surface area contributed by atoms with E-state index in [2.05, 4.69) is 0 Å². The summed E-state index contributed by atoms with van der Waals surface area (Å²) in [6.07, 6.45) is 0.280. The Morgan fingerprint density at radius 1 is 0.812 bits per heavy atom. The van der Waals surface area contributed by atoms with E-state index in [1.165, 1.54) is 0 Å². The minimum atomic E-state index is -2.61. The zero-order valence-corrected chi connectivity index (χ0v) is 12.4. The first-order chi connectivity index (χ1) is 7.31. The van der Waals surface area contributed by atoms with Gasteiger partial charge in [0, 0.05) is 24.4 Å². The molecular weight excluding hydrogens is 222 g/mol. The van der Waals surface area contributed by atoms with Crippen molar-refractivity contribution < 1.29 is 13.3 Å². The topological polar surface area (TPSA) is 53.7 Å². The Bertz CT molecular complexity index is 160. The number of hydrogen-bond donors (Lipinski definition) is 1. The Kier molecular flexibility index (Phi) is 7.42. The van der Waals surface area contributed by atoms with Crippen molar-refractivity contribution in [1.82, 2.24) is 0 Å². The van der Waals surface area contributed by atoms with Crippen LogP contribution < -0.4 is 5.73 Å². The van der Waals surface area contributed by atoms with Crippen molar-refractivity contribution in [3.63, 3.8) is 0 Å². The lowest BCUT2D eigenvalue weighted by atomic mass is 10.5. The molecule has 0 bridgehead atoms. The van der Waals surface area contributed by atoms with Crippen LogP contribution in [0.15, 0.2) is 0 Å². The molecule has 4 nitrogen and oxygen atoms in total. The quantitative estimate of drug-likeness (QED) is 0.670. The first-order valence-electron chi connectivity index (χ1n) is 6.05. The van der Waals surface area contributed by atoms with Gasteiger partial charge in [-0.05, 0) is 48.1 Å². The second-order valence-electron chi connectivity index (χ2n) is 4.72. The van der Waals surface area contributed by atoms with Crippen LogP contribution in [0.4, 0.5) is 0 Å². The zero-order valence-electron chi connectivity index (χ0n) is 11.4. The van der Waals surface area contributed by atoms with Crippen molar-refractivity contribution in [2.24, 2.45) is 5.73 Å². The summed E-state index contributed by atoms with van der Waals surface area (Å²) in [5.41, 5.74) is 5.64. The molecule has 0 heterocycles. The van der Waals surface area contributed by atoms with Crippen LogP contribution in [-0.2, 0) is 13.3 Å². The fourth-order valence-corrected chi connectivity index (χ4v) is 4.54. The highest BCUT2D eigenvalue weighted by Crippen LogP contribution is 2.21. The molecule has 0 aromatic carbocycles. The molecule has 0 fully saturated rings. The van der Waals surface area contributed by atoms with Crippen molar-refractivity contribution in [3.8, 4) is 0 Å². The van der Waals surface area contributed by atoms with E-state index in [1.807, 2.05) is 41.5 Å². The summed E-state index contributed by atoms with van der Waals surface area (Å²) in [5.74, 6) is 0. The maximum absolute atomic E-state index is 5.91. The molecule has 2 N–H and O–H groups in total. The lowest BCUT2D eigenvalue weighted by Crippen LogP contribution is -2.51. The molecule has 0 aromatic rings. The van der Waals surface area contributed by atoms with Gasteiger partial charge in [-0.25, -0.2) is 0 Å². The van der Waals surface area contributed by atoms with E-state index >= 15 is 0 Å². The van der Waals surface area contributed by atoms with Crippen molar-refractivity contribution in [2.75, 3.05) is 6.54 Å². The minimum Gasteiger partial charge on any atom is -0.371 e. The van der Waals surface area contributed by atoms with Crippen molar-refractivity contribution in [1.29, 1.82) is 0 Å². The highest BCUT2D eigenvalue weighted by molar-refractivity contribution is 6.61. The molecule has 0 aliphatic heterocycles.